The van der Waals surface area contributed by atoms with Gasteiger partial charge in [0.05, 0.1) is 11.4 Å². The molecular weight excluding hydrogens is 282 g/mol. The van der Waals surface area contributed by atoms with Crippen LogP contribution in [0.15, 0.2) is 70.0 Å². The van der Waals surface area contributed by atoms with E-state index in [9.17, 15) is 4.79 Å². The van der Waals surface area contributed by atoms with Crippen molar-refractivity contribution in [3.05, 3.63) is 54.6 Å². The molecule has 0 spiro atoms. The molecule has 0 unspecified atom stereocenters. The molecule has 0 aliphatic carbocycles. The van der Waals surface area contributed by atoms with Gasteiger partial charge in [0.15, 0.2) is 0 Å². The highest BCUT2D eigenvalue weighted by Crippen LogP contribution is 2.24. The lowest BCUT2D eigenvalue weighted by Gasteiger charge is -2.05. The summed E-state index contributed by atoms with van der Waals surface area (Å²) < 4.78 is 5.68. The third-order valence-electron chi connectivity index (χ3n) is 3.00. The third kappa shape index (κ3) is 3.17. The zero-order valence-corrected chi connectivity index (χ0v) is 11.8. The first kappa shape index (κ1) is 13.9. The highest BCUT2D eigenvalue weighted by atomic mass is 16.7. The lowest BCUT2D eigenvalue weighted by atomic mass is 10.2. The standard InChI is InChI=1S/C16H13N3O3/c1-11-15(16(20)22-19-11)18-17-12-7-9-14(10-8-12)21-13-5-3-2-4-6-13/h2-10,15H,1H3/t15-/m1/s1. The summed E-state index contributed by atoms with van der Waals surface area (Å²) in [7, 11) is 0. The molecule has 1 aliphatic heterocycles. The molecule has 0 aromatic heterocycles. The van der Waals surface area contributed by atoms with Crippen molar-refractivity contribution in [1.82, 2.24) is 0 Å². The number of hydrogen-bond donors (Lipinski definition) is 0. The second-order valence-corrected chi connectivity index (χ2v) is 4.67. The largest absolute Gasteiger partial charge is 0.457 e. The van der Waals surface area contributed by atoms with Gasteiger partial charge in [0.25, 0.3) is 0 Å². The molecule has 0 fully saturated rings. The lowest BCUT2D eigenvalue weighted by Crippen LogP contribution is -2.19. The topological polar surface area (TPSA) is 72.6 Å². The molecule has 1 atom stereocenters. The maximum Gasteiger partial charge on any atom is 0.367 e. The van der Waals surface area contributed by atoms with Gasteiger partial charge >= 0.3 is 5.97 Å². The second kappa shape index (κ2) is 6.17. The average molecular weight is 295 g/mol. The molecule has 2 aromatic carbocycles. The van der Waals surface area contributed by atoms with Crippen LogP contribution in [0.2, 0.25) is 0 Å². The summed E-state index contributed by atoms with van der Waals surface area (Å²) in [5.41, 5.74) is 1.12. The smallest absolute Gasteiger partial charge is 0.367 e. The van der Waals surface area contributed by atoms with Gasteiger partial charge in [-0.2, -0.15) is 10.2 Å². The van der Waals surface area contributed by atoms with Crippen LogP contribution >= 0.6 is 0 Å². The van der Waals surface area contributed by atoms with Crippen LogP contribution in [-0.4, -0.2) is 17.7 Å². The molecule has 0 amide bonds. The third-order valence-corrected chi connectivity index (χ3v) is 3.00. The predicted molar refractivity (Wildman–Crippen MR) is 80.5 cm³/mol. The maximum atomic E-state index is 11.4. The number of benzene rings is 2. The molecular formula is C16H13N3O3. The van der Waals surface area contributed by atoms with E-state index in [2.05, 4.69) is 20.2 Å². The van der Waals surface area contributed by atoms with E-state index in [1.54, 1.807) is 31.2 Å². The van der Waals surface area contributed by atoms with E-state index >= 15 is 0 Å². The Labute approximate surface area is 127 Å². The number of rotatable bonds is 4. The second-order valence-electron chi connectivity index (χ2n) is 4.67. The van der Waals surface area contributed by atoms with E-state index < -0.39 is 12.0 Å². The van der Waals surface area contributed by atoms with E-state index in [-0.39, 0.29) is 0 Å². The average Bonchev–Trinajstić information content (AvgIpc) is 2.86. The van der Waals surface area contributed by atoms with E-state index in [4.69, 9.17) is 4.74 Å². The quantitative estimate of drug-likeness (QED) is 0.635. The Morgan fingerprint density at radius 2 is 1.73 bits per heavy atom. The summed E-state index contributed by atoms with van der Waals surface area (Å²) in [6, 6.07) is 15.8. The monoisotopic (exact) mass is 295 g/mol. The highest BCUT2D eigenvalue weighted by Gasteiger charge is 2.29. The van der Waals surface area contributed by atoms with E-state index in [1.165, 1.54) is 0 Å². The molecule has 22 heavy (non-hydrogen) atoms. The Hall–Kier alpha value is -3.02. The van der Waals surface area contributed by atoms with E-state index in [0.29, 0.717) is 17.1 Å². The van der Waals surface area contributed by atoms with Crippen molar-refractivity contribution in [2.45, 2.75) is 13.0 Å². The lowest BCUT2D eigenvalue weighted by molar-refractivity contribution is -0.141. The number of carbonyl (C=O) groups excluding carboxylic acids is 1. The number of hydrogen-bond acceptors (Lipinski definition) is 6. The zero-order valence-electron chi connectivity index (χ0n) is 11.8. The van der Waals surface area contributed by atoms with Gasteiger partial charge in [-0.25, -0.2) is 4.79 Å². The molecule has 6 nitrogen and oxygen atoms in total. The fourth-order valence-corrected chi connectivity index (χ4v) is 1.85. The molecule has 3 rings (SSSR count). The Morgan fingerprint density at radius 1 is 1.05 bits per heavy atom. The Balaban J connectivity index is 1.67. The van der Waals surface area contributed by atoms with Gasteiger partial charge in [0.1, 0.15) is 11.5 Å². The van der Waals surface area contributed by atoms with Crippen molar-refractivity contribution in [2.24, 2.45) is 15.4 Å². The van der Waals surface area contributed by atoms with E-state index in [1.807, 2.05) is 30.3 Å². The molecule has 1 aliphatic rings. The van der Waals surface area contributed by atoms with Gasteiger partial charge < -0.3 is 9.57 Å². The first-order valence-corrected chi connectivity index (χ1v) is 6.71. The first-order valence-electron chi connectivity index (χ1n) is 6.71. The molecule has 0 N–H and O–H groups in total. The van der Waals surface area contributed by atoms with Gasteiger partial charge in [0.2, 0.25) is 6.04 Å². The van der Waals surface area contributed by atoms with Crippen LogP contribution in [0.1, 0.15) is 6.92 Å². The van der Waals surface area contributed by atoms with Crippen molar-refractivity contribution in [3.8, 4) is 11.5 Å². The minimum Gasteiger partial charge on any atom is -0.457 e. The van der Waals surface area contributed by atoms with Gasteiger partial charge in [0, 0.05) is 0 Å². The van der Waals surface area contributed by atoms with Crippen molar-refractivity contribution in [2.75, 3.05) is 0 Å². The number of para-hydroxylation sites is 1. The summed E-state index contributed by atoms with van der Waals surface area (Å²) in [5, 5.41) is 11.5. The molecule has 6 heteroatoms. The molecule has 2 aromatic rings. The molecule has 0 bridgehead atoms. The number of azo groups is 1. The first-order chi connectivity index (χ1) is 10.7. The van der Waals surface area contributed by atoms with Crippen LogP contribution in [0.3, 0.4) is 0 Å². The fourth-order valence-electron chi connectivity index (χ4n) is 1.85. The maximum absolute atomic E-state index is 11.4. The minimum absolute atomic E-state index is 0.498. The minimum atomic E-state index is -0.750. The molecule has 110 valence electrons. The van der Waals surface area contributed by atoms with Gasteiger partial charge in [-0.15, -0.1) is 0 Å². The van der Waals surface area contributed by atoms with Crippen LogP contribution in [0.25, 0.3) is 0 Å². The number of ether oxygens (including phenoxy) is 1. The summed E-state index contributed by atoms with van der Waals surface area (Å²) in [5.74, 6) is 0.950. The fraction of sp³-hybridized carbons (Fsp3) is 0.125. The van der Waals surface area contributed by atoms with Crippen molar-refractivity contribution < 1.29 is 14.4 Å². The normalized spacial score (nSPS) is 17.4. The number of nitrogens with zero attached hydrogens (tertiary/aromatic N) is 3. The summed E-state index contributed by atoms with van der Waals surface area (Å²) in [4.78, 5) is 15.9. The van der Waals surface area contributed by atoms with Crippen LogP contribution in [0.5, 0.6) is 11.5 Å². The molecule has 0 radical (unpaired) electrons. The zero-order chi connectivity index (χ0) is 15.4. The van der Waals surface area contributed by atoms with E-state index in [0.717, 1.165) is 5.75 Å². The molecule has 0 saturated heterocycles. The van der Waals surface area contributed by atoms with Gasteiger partial charge in [-0.3, -0.25) is 0 Å². The Bertz CT molecular complexity index is 724. The van der Waals surface area contributed by atoms with Crippen LogP contribution in [0.4, 0.5) is 5.69 Å². The van der Waals surface area contributed by atoms with Gasteiger partial charge in [-0.1, -0.05) is 23.4 Å². The van der Waals surface area contributed by atoms with Crippen LogP contribution in [-0.2, 0) is 9.63 Å². The van der Waals surface area contributed by atoms with Crippen molar-refractivity contribution in [3.63, 3.8) is 0 Å². The molecule has 1 heterocycles. The van der Waals surface area contributed by atoms with Crippen molar-refractivity contribution >= 4 is 17.4 Å². The number of oxime groups is 1. The van der Waals surface area contributed by atoms with Crippen molar-refractivity contribution in [1.29, 1.82) is 0 Å². The Morgan fingerprint density at radius 3 is 2.36 bits per heavy atom. The van der Waals surface area contributed by atoms with Gasteiger partial charge in [-0.05, 0) is 43.3 Å². The summed E-state index contributed by atoms with van der Waals surface area (Å²) >= 11 is 0. The van der Waals surface area contributed by atoms with Crippen LogP contribution < -0.4 is 4.74 Å². The predicted octanol–water partition coefficient (Wildman–Crippen LogP) is 3.86. The SMILES string of the molecule is CC1=NOC(=O)[C@@H]1N=Nc1ccc(Oc2ccccc2)cc1. The highest BCUT2D eigenvalue weighted by molar-refractivity contribution is 6.07. The summed E-state index contributed by atoms with van der Waals surface area (Å²) in [6.45, 7) is 1.67. The van der Waals surface area contributed by atoms with Crippen LogP contribution in [0, 0.1) is 0 Å². The Kier molecular flexibility index (Phi) is 3.91. The number of carbonyl (C=O) groups is 1. The summed E-state index contributed by atoms with van der Waals surface area (Å²) in [6.07, 6.45) is 0. The molecule has 0 saturated carbocycles.